The number of benzene rings is 3. The van der Waals surface area contributed by atoms with Crippen LogP contribution in [-0.4, -0.2) is 17.5 Å². The molecule has 36 heavy (non-hydrogen) atoms. The van der Waals surface area contributed by atoms with Crippen molar-refractivity contribution in [1.29, 1.82) is 0 Å². The molecule has 10 heteroatoms. The number of esters is 1. The fourth-order valence-corrected chi connectivity index (χ4v) is 3.25. The summed E-state index contributed by atoms with van der Waals surface area (Å²) in [7, 11) is 0. The highest BCUT2D eigenvalue weighted by molar-refractivity contribution is 6.08. The van der Waals surface area contributed by atoms with Gasteiger partial charge in [-0.15, -0.1) is 0 Å². The number of carbonyl (C=O) groups excluding carboxylic acids is 2. The summed E-state index contributed by atoms with van der Waals surface area (Å²) in [6.07, 6.45) is -10.2. The van der Waals surface area contributed by atoms with E-state index in [-0.39, 0.29) is 17.3 Å². The average molecular weight is 509 g/mol. The lowest BCUT2D eigenvalue weighted by molar-refractivity contribution is -0.143. The molecule has 0 saturated carbocycles. The van der Waals surface area contributed by atoms with Crippen LogP contribution >= 0.6 is 0 Å². The van der Waals surface area contributed by atoms with E-state index in [2.05, 4.69) is 5.32 Å². The zero-order valence-electron chi connectivity index (χ0n) is 19.3. The molecule has 0 aliphatic carbocycles. The number of ether oxygens (including phenoxy) is 1. The third-order valence-electron chi connectivity index (χ3n) is 4.84. The van der Waals surface area contributed by atoms with Crippen molar-refractivity contribution >= 4 is 17.6 Å². The van der Waals surface area contributed by atoms with Crippen LogP contribution in [0.2, 0.25) is 0 Å². The van der Waals surface area contributed by atoms with Gasteiger partial charge in [-0.1, -0.05) is 36.4 Å². The molecule has 0 atom stereocenters. The number of anilines is 1. The molecule has 3 rings (SSSR count). The smallest absolute Gasteiger partial charge is 0.416 e. The highest BCUT2D eigenvalue weighted by Gasteiger charge is 2.37. The first-order valence-electron chi connectivity index (χ1n) is 10.6. The van der Waals surface area contributed by atoms with Crippen molar-refractivity contribution in [2.75, 3.05) is 5.32 Å². The van der Waals surface area contributed by atoms with Crippen LogP contribution in [0.15, 0.2) is 66.7 Å². The number of carbonyl (C=O) groups is 2. The van der Waals surface area contributed by atoms with E-state index >= 15 is 0 Å². The molecule has 190 valence electrons. The van der Waals surface area contributed by atoms with Crippen LogP contribution in [0.5, 0.6) is 0 Å². The summed E-state index contributed by atoms with van der Waals surface area (Å²) in [5, 5.41) is 2.29. The quantitative estimate of drug-likeness (QED) is 0.291. The molecule has 0 heterocycles. The van der Waals surface area contributed by atoms with Gasteiger partial charge in [0.25, 0.3) is 5.91 Å². The lowest BCUT2D eigenvalue weighted by Crippen LogP contribution is -2.25. The third kappa shape index (κ3) is 6.65. The van der Waals surface area contributed by atoms with Gasteiger partial charge in [-0.25, -0.2) is 4.79 Å². The van der Waals surface area contributed by atoms with Crippen LogP contribution in [0.4, 0.5) is 32.0 Å². The molecule has 0 aliphatic rings. The number of hydrogen-bond acceptors (Lipinski definition) is 3. The van der Waals surface area contributed by atoms with Gasteiger partial charge in [0.05, 0.1) is 22.4 Å². The predicted molar refractivity (Wildman–Crippen MR) is 121 cm³/mol. The summed E-state index contributed by atoms with van der Waals surface area (Å²) >= 11 is 0. The SMILES string of the molecule is CC(C)(C)OC(=O)c1ccc(-c2ccccc2)cc1NC(=O)c1cc(C(F)(F)F)cc(C(F)(F)F)c1. The predicted octanol–water partition coefficient (Wildman–Crippen LogP) is 7.60. The molecule has 0 saturated heterocycles. The standard InChI is InChI=1S/C26H21F6NO3/c1-24(2,3)36-23(35)20-10-9-16(15-7-5-4-6-8-15)13-21(20)33-22(34)17-11-18(25(27,28)29)14-19(12-17)26(30,31)32/h4-14H,1-3H3,(H,33,34). The van der Waals surface area contributed by atoms with E-state index in [1.54, 1.807) is 57.2 Å². The van der Waals surface area contributed by atoms with Crippen molar-refractivity contribution in [2.24, 2.45) is 0 Å². The molecule has 0 aliphatic heterocycles. The van der Waals surface area contributed by atoms with E-state index in [1.807, 2.05) is 0 Å². The maximum Gasteiger partial charge on any atom is 0.416 e. The Morgan fingerprint density at radius 2 is 1.28 bits per heavy atom. The Balaban J connectivity index is 2.09. The van der Waals surface area contributed by atoms with E-state index in [0.717, 1.165) is 0 Å². The van der Waals surface area contributed by atoms with E-state index in [9.17, 15) is 35.9 Å². The first kappa shape index (κ1) is 26.8. The second kappa shape index (κ2) is 9.67. The van der Waals surface area contributed by atoms with Crippen LogP contribution in [0.25, 0.3) is 11.1 Å². The molecular weight excluding hydrogens is 488 g/mol. The molecule has 4 nitrogen and oxygen atoms in total. The van der Waals surface area contributed by atoms with Crippen molar-refractivity contribution in [2.45, 2.75) is 38.7 Å². The van der Waals surface area contributed by atoms with Crippen LogP contribution in [0, 0.1) is 0 Å². The largest absolute Gasteiger partial charge is 0.456 e. The van der Waals surface area contributed by atoms with Crippen LogP contribution in [0.1, 0.15) is 52.6 Å². The van der Waals surface area contributed by atoms with Gasteiger partial charge in [0.2, 0.25) is 0 Å². The molecule has 0 fully saturated rings. The lowest BCUT2D eigenvalue weighted by atomic mass is 10.0. The van der Waals surface area contributed by atoms with Gasteiger partial charge in [0, 0.05) is 5.56 Å². The molecule has 0 spiro atoms. The summed E-state index contributed by atoms with van der Waals surface area (Å²) < 4.78 is 84.7. The van der Waals surface area contributed by atoms with E-state index < -0.39 is 46.5 Å². The van der Waals surface area contributed by atoms with Crippen molar-refractivity contribution < 1.29 is 40.7 Å². The number of hydrogen-bond donors (Lipinski definition) is 1. The van der Waals surface area contributed by atoms with Gasteiger partial charge < -0.3 is 10.1 Å². The maximum atomic E-state index is 13.2. The summed E-state index contributed by atoms with van der Waals surface area (Å²) in [6, 6.07) is 13.7. The molecule has 3 aromatic carbocycles. The van der Waals surface area contributed by atoms with Gasteiger partial charge in [0.1, 0.15) is 5.60 Å². The van der Waals surface area contributed by atoms with Gasteiger partial charge in [-0.3, -0.25) is 4.79 Å². The summed E-state index contributed by atoms with van der Waals surface area (Å²) in [4.78, 5) is 25.6. The number of nitrogens with one attached hydrogen (secondary N) is 1. The van der Waals surface area contributed by atoms with Crippen molar-refractivity contribution in [3.8, 4) is 11.1 Å². The Morgan fingerprint density at radius 1 is 0.722 bits per heavy atom. The third-order valence-corrected chi connectivity index (χ3v) is 4.84. The Bertz CT molecular complexity index is 1240. The minimum atomic E-state index is -5.12. The number of rotatable bonds is 4. The van der Waals surface area contributed by atoms with E-state index in [0.29, 0.717) is 23.3 Å². The molecule has 1 N–H and O–H groups in total. The Hall–Kier alpha value is -3.82. The highest BCUT2D eigenvalue weighted by Crippen LogP contribution is 2.37. The van der Waals surface area contributed by atoms with Crippen molar-refractivity contribution in [3.05, 3.63) is 89.0 Å². The van der Waals surface area contributed by atoms with Crippen molar-refractivity contribution in [3.63, 3.8) is 0 Å². The van der Waals surface area contributed by atoms with Crippen LogP contribution in [-0.2, 0) is 17.1 Å². The zero-order chi connectivity index (χ0) is 26.9. The molecule has 0 radical (unpaired) electrons. The Kier molecular flexibility index (Phi) is 7.20. The second-order valence-electron chi connectivity index (χ2n) is 8.88. The fraction of sp³-hybridized carbons (Fsp3) is 0.231. The fourth-order valence-electron chi connectivity index (χ4n) is 3.25. The monoisotopic (exact) mass is 509 g/mol. The molecule has 3 aromatic rings. The summed E-state index contributed by atoms with van der Waals surface area (Å²) in [6.45, 7) is 4.84. The lowest BCUT2D eigenvalue weighted by Gasteiger charge is -2.21. The molecular formula is C26H21F6NO3. The van der Waals surface area contributed by atoms with Gasteiger partial charge >= 0.3 is 18.3 Å². The Labute approximate surface area is 202 Å². The van der Waals surface area contributed by atoms with Gasteiger partial charge in [0.15, 0.2) is 0 Å². The highest BCUT2D eigenvalue weighted by atomic mass is 19.4. The zero-order valence-corrected chi connectivity index (χ0v) is 19.3. The van der Waals surface area contributed by atoms with Gasteiger partial charge in [-0.2, -0.15) is 26.3 Å². The van der Waals surface area contributed by atoms with Gasteiger partial charge in [-0.05, 0) is 62.2 Å². The second-order valence-corrected chi connectivity index (χ2v) is 8.88. The number of amides is 1. The minimum absolute atomic E-state index is 0.0705. The van der Waals surface area contributed by atoms with E-state index in [4.69, 9.17) is 4.74 Å². The topological polar surface area (TPSA) is 55.4 Å². The molecule has 1 amide bonds. The van der Waals surface area contributed by atoms with Crippen molar-refractivity contribution in [1.82, 2.24) is 0 Å². The number of halogens is 6. The first-order valence-corrected chi connectivity index (χ1v) is 10.6. The average Bonchev–Trinajstić information content (AvgIpc) is 2.77. The maximum absolute atomic E-state index is 13.2. The van der Waals surface area contributed by atoms with E-state index in [1.165, 1.54) is 12.1 Å². The van der Waals surface area contributed by atoms with Crippen LogP contribution in [0.3, 0.4) is 0 Å². The molecule has 0 bridgehead atoms. The summed E-state index contributed by atoms with van der Waals surface area (Å²) in [5.41, 5.74) is -4.07. The summed E-state index contributed by atoms with van der Waals surface area (Å²) in [5.74, 6) is -2.10. The first-order chi connectivity index (χ1) is 16.5. The number of alkyl halides is 6. The Morgan fingerprint density at radius 3 is 1.78 bits per heavy atom. The minimum Gasteiger partial charge on any atom is -0.456 e. The van der Waals surface area contributed by atoms with Crippen LogP contribution < -0.4 is 5.32 Å². The normalized spacial score (nSPS) is 12.2. The molecule has 0 aromatic heterocycles. The molecule has 0 unspecified atom stereocenters.